The quantitative estimate of drug-likeness (QED) is 0.794. The Balaban J connectivity index is 2.14. The average Bonchev–Trinajstić information content (AvgIpc) is 2.42. The molecular weight excluding hydrogens is 304 g/mol. The van der Waals surface area contributed by atoms with Gasteiger partial charge >= 0.3 is 0 Å². The summed E-state index contributed by atoms with van der Waals surface area (Å²) in [7, 11) is 0. The second kappa shape index (κ2) is 5.34. The van der Waals surface area contributed by atoms with Crippen molar-refractivity contribution in [2.24, 2.45) is 5.41 Å². The molecule has 0 atom stereocenters. The molecule has 100 valence electrons. The van der Waals surface area contributed by atoms with Crippen molar-refractivity contribution in [2.45, 2.75) is 26.7 Å². The zero-order chi connectivity index (χ0) is 14.0. The zero-order valence-electron chi connectivity index (χ0n) is 11.2. The van der Waals surface area contributed by atoms with Crippen LogP contribution in [0.4, 0.5) is 0 Å². The Morgan fingerprint density at radius 3 is 2.63 bits per heavy atom. The van der Waals surface area contributed by atoms with Crippen LogP contribution in [-0.4, -0.2) is 23.9 Å². The molecule has 2 rings (SSSR count). The fraction of sp³-hybridized carbons (Fsp3) is 0.467. The third-order valence-electron chi connectivity index (χ3n) is 3.85. The lowest BCUT2D eigenvalue weighted by atomic mass is 9.82. The summed E-state index contributed by atoms with van der Waals surface area (Å²) in [5.74, 6) is 0.0683. The third kappa shape index (κ3) is 2.98. The van der Waals surface area contributed by atoms with Crippen molar-refractivity contribution in [2.75, 3.05) is 13.1 Å². The minimum absolute atomic E-state index is 0.0683. The lowest BCUT2D eigenvalue weighted by molar-refractivity contribution is 0.0661. The topological polar surface area (TPSA) is 44.1 Å². The van der Waals surface area contributed by atoms with Gasteiger partial charge in [-0.05, 0) is 44.4 Å². The average molecular weight is 321 g/mol. The molecule has 0 bridgehead atoms. The van der Waals surface area contributed by atoms with Crippen LogP contribution >= 0.6 is 15.9 Å². The predicted molar refractivity (Wildman–Crippen MR) is 77.7 cm³/mol. The van der Waals surface area contributed by atoms with Gasteiger partial charge in [-0.15, -0.1) is 0 Å². The largest absolute Gasteiger partial charge is 0.339 e. The minimum Gasteiger partial charge on any atom is -0.339 e. The molecule has 1 aliphatic rings. The van der Waals surface area contributed by atoms with E-state index in [0.29, 0.717) is 13.1 Å². The molecule has 0 unspecified atom stereocenters. The Morgan fingerprint density at radius 2 is 2.05 bits per heavy atom. The summed E-state index contributed by atoms with van der Waals surface area (Å²) in [5.41, 5.74) is 1.46. The van der Waals surface area contributed by atoms with Crippen LogP contribution in [0.1, 0.15) is 35.7 Å². The number of rotatable bonds is 1. The molecule has 0 radical (unpaired) electrons. The van der Waals surface area contributed by atoms with Gasteiger partial charge in [-0.1, -0.05) is 22.0 Å². The third-order valence-corrected chi connectivity index (χ3v) is 4.35. The normalized spacial score (nSPS) is 17.9. The van der Waals surface area contributed by atoms with Crippen LogP contribution in [0.25, 0.3) is 0 Å². The highest BCUT2D eigenvalue weighted by Crippen LogP contribution is 2.30. The zero-order valence-corrected chi connectivity index (χ0v) is 12.8. The Morgan fingerprint density at radius 1 is 1.42 bits per heavy atom. The van der Waals surface area contributed by atoms with E-state index < -0.39 is 0 Å². The number of hydrogen-bond donors (Lipinski definition) is 0. The van der Waals surface area contributed by atoms with E-state index in [-0.39, 0.29) is 11.3 Å². The molecule has 19 heavy (non-hydrogen) atoms. The number of nitrogens with zero attached hydrogens (tertiary/aromatic N) is 2. The maximum Gasteiger partial charge on any atom is 0.254 e. The van der Waals surface area contributed by atoms with Crippen LogP contribution in [0.2, 0.25) is 0 Å². The first-order valence-electron chi connectivity index (χ1n) is 6.42. The molecule has 0 N–H and O–H groups in total. The molecule has 0 aromatic heterocycles. The molecule has 1 saturated heterocycles. The Labute approximate surface area is 122 Å². The summed E-state index contributed by atoms with van der Waals surface area (Å²) in [6, 6.07) is 8.11. The van der Waals surface area contributed by atoms with Gasteiger partial charge in [-0.3, -0.25) is 4.79 Å². The SMILES string of the molecule is Cc1ccc(Br)cc1C(=O)N1CCC(C)(C#N)CC1. The van der Waals surface area contributed by atoms with Crippen LogP contribution in [0.5, 0.6) is 0 Å². The number of aryl methyl sites for hydroxylation is 1. The standard InChI is InChI=1S/C15H17BrN2O/c1-11-3-4-12(16)9-13(11)14(19)18-7-5-15(2,10-17)6-8-18/h3-4,9H,5-8H2,1-2H3. The van der Waals surface area contributed by atoms with E-state index in [1.807, 2.05) is 36.9 Å². The van der Waals surface area contributed by atoms with Crippen LogP contribution in [0.15, 0.2) is 22.7 Å². The molecule has 0 saturated carbocycles. The van der Waals surface area contributed by atoms with E-state index in [4.69, 9.17) is 5.26 Å². The molecule has 3 nitrogen and oxygen atoms in total. The van der Waals surface area contributed by atoms with E-state index in [0.717, 1.165) is 28.4 Å². The number of amides is 1. The van der Waals surface area contributed by atoms with Gasteiger partial charge in [0, 0.05) is 23.1 Å². The maximum absolute atomic E-state index is 12.5. The fourth-order valence-electron chi connectivity index (χ4n) is 2.31. The fourth-order valence-corrected chi connectivity index (χ4v) is 2.67. The maximum atomic E-state index is 12.5. The van der Waals surface area contributed by atoms with Gasteiger partial charge in [0.25, 0.3) is 5.91 Å². The van der Waals surface area contributed by atoms with Crippen molar-refractivity contribution >= 4 is 21.8 Å². The number of nitriles is 1. The predicted octanol–water partition coefficient (Wildman–Crippen LogP) is 3.52. The molecular formula is C15H17BrN2O. The van der Waals surface area contributed by atoms with Crippen molar-refractivity contribution in [1.29, 1.82) is 5.26 Å². The number of carbonyl (C=O) groups is 1. The Bertz CT molecular complexity index is 540. The Hall–Kier alpha value is -1.34. The lowest BCUT2D eigenvalue weighted by Crippen LogP contribution is -2.41. The van der Waals surface area contributed by atoms with Crippen molar-refractivity contribution < 1.29 is 4.79 Å². The highest BCUT2D eigenvalue weighted by atomic mass is 79.9. The molecule has 1 heterocycles. The monoisotopic (exact) mass is 320 g/mol. The van der Waals surface area contributed by atoms with E-state index in [1.165, 1.54) is 0 Å². The molecule has 0 spiro atoms. The number of hydrogen-bond acceptors (Lipinski definition) is 2. The van der Waals surface area contributed by atoms with Gasteiger partial charge in [-0.2, -0.15) is 5.26 Å². The molecule has 1 amide bonds. The number of halogens is 1. The first-order valence-corrected chi connectivity index (χ1v) is 7.21. The van der Waals surface area contributed by atoms with Crippen molar-refractivity contribution in [1.82, 2.24) is 4.90 Å². The smallest absolute Gasteiger partial charge is 0.254 e. The van der Waals surface area contributed by atoms with Crippen LogP contribution in [0.3, 0.4) is 0 Å². The molecule has 4 heteroatoms. The molecule has 1 aromatic carbocycles. The summed E-state index contributed by atoms with van der Waals surface area (Å²) in [5, 5.41) is 9.11. The van der Waals surface area contributed by atoms with E-state index in [1.54, 1.807) is 0 Å². The number of piperidine rings is 1. The van der Waals surface area contributed by atoms with E-state index in [2.05, 4.69) is 22.0 Å². The highest BCUT2D eigenvalue weighted by Gasteiger charge is 2.32. The first-order chi connectivity index (χ1) is 8.95. The summed E-state index contributed by atoms with van der Waals surface area (Å²) in [4.78, 5) is 14.3. The summed E-state index contributed by atoms with van der Waals surface area (Å²) >= 11 is 3.40. The van der Waals surface area contributed by atoms with Crippen molar-refractivity contribution in [3.63, 3.8) is 0 Å². The van der Waals surface area contributed by atoms with Crippen LogP contribution in [-0.2, 0) is 0 Å². The second-order valence-electron chi connectivity index (χ2n) is 5.42. The van der Waals surface area contributed by atoms with Crippen LogP contribution < -0.4 is 0 Å². The minimum atomic E-state index is -0.275. The van der Waals surface area contributed by atoms with E-state index in [9.17, 15) is 4.79 Å². The number of carbonyl (C=O) groups excluding carboxylic acids is 1. The summed E-state index contributed by atoms with van der Waals surface area (Å²) in [6.07, 6.45) is 1.50. The molecule has 1 fully saturated rings. The number of likely N-dealkylation sites (tertiary alicyclic amines) is 1. The molecule has 1 aliphatic heterocycles. The molecule has 1 aromatic rings. The second-order valence-corrected chi connectivity index (χ2v) is 6.34. The van der Waals surface area contributed by atoms with E-state index >= 15 is 0 Å². The lowest BCUT2D eigenvalue weighted by Gasteiger charge is -2.35. The van der Waals surface area contributed by atoms with Crippen molar-refractivity contribution in [3.8, 4) is 6.07 Å². The van der Waals surface area contributed by atoms with Gasteiger partial charge in [-0.25, -0.2) is 0 Å². The van der Waals surface area contributed by atoms with Gasteiger partial charge in [0.1, 0.15) is 0 Å². The molecule has 0 aliphatic carbocycles. The van der Waals surface area contributed by atoms with Gasteiger partial charge < -0.3 is 4.90 Å². The summed E-state index contributed by atoms with van der Waals surface area (Å²) in [6.45, 7) is 5.24. The summed E-state index contributed by atoms with van der Waals surface area (Å²) < 4.78 is 0.917. The van der Waals surface area contributed by atoms with Gasteiger partial charge in [0.2, 0.25) is 0 Å². The highest BCUT2D eigenvalue weighted by molar-refractivity contribution is 9.10. The van der Waals surface area contributed by atoms with Gasteiger partial charge in [0.15, 0.2) is 0 Å². The van der Waals surface area contributed by atoms with Gasteiger partial charge in [0.05, 0.1) is 11.5 Å². The first kappa shape index (κ1) is 14.1. The number of benzene rings is 1. The van der Waals surface area contributed by atoms with Crippen LogP contribution in [0, 0.1) is 23.7 Å². The Kier molecular flexibility index (Phi) is 3.96. The van der Waals surface area contributed by atoms with Crippen molar-refractivity contribution in [3.05, 3.63) is 33.8 Å².